The quantitative estimate of drug-likeness (QED) is 0.593. The molecule has 80 valence electrons. The minimum absolute atomic E-state index is 0.126. The van der Waals surface area contributed by atoms with E-state index in [2.05, 4.69) is 38.2 Å². The third kappa shape index (κ3) is 1.32. The molecule has 0 bridgehead atoms. The van der Waals surface area contributed by atoms with Gasteiger partial charge in [0.2, 0.25) is 0 Å². The van der Waals surface area contributed by atoms with Gasteiger partial charge in [-0.05, 0) is 25.5 Å². The molecule has 1 aliphatic heterocycles. The van der Waals surface area contributed by atoms with Crippen LogP contribution in [0.2, 0.25) is 0 Å². The lowest BCUT2D eigenvalue weighted by atomic mass is 9.92. The summed E-state index contributed by atoms with van der Waals surface area (Å²) in [6.07, 6.45) is 14.8. The minimum atomic E-state index is 0.126. The van der Waals surface area contributed by atoms with Gasteiger partial charge >= 0.3 is 0 Å². The van der Waals surface area contributed by atoms with Crippen molar-refractivity contribution in [3.63, 3.8) is 0 Å². The van der Waals surface area contributed by atoms with Crippen molar-refractivity contribution in [3.8, 4) is 0 Å². The number of hydrogen-bond acceptors (Lipinski definition) is 1. The minimum Gasteiger partial charge on any atom is -0.481 e. The van der Waals surface area contributed by atoms with Crippen LogP contribution >= 0.6 is 0 Å². The van der Waals surface area contributed by atoms with Gasteiger partial charge in [0.05, 0.1) is 0 Å². The van der Waals surface area contributed by atoms with Crippen molar-refractivity contribution < 1.29 is 4.74 Å². The van der Waals surface area contributed by atoms with E-state index in [-0.39, 0.29) is 6.10 Å². The first-order valence-corrected chi connectivity index (χ1v) is 5.58. The van der Waals surface area contributed by atoms with Crippen LogP contribution in [0.4, 0.5) is 0 Å². The Hall–Kier alpha value is -1.76. The van der Waals surface area contributed by atoms with Crippen LogP contribution in [0.1, 0.15) is 13.8 Å². The summed E-state index contributed by atoms with van der Waals surface area (Å²) in [6.45, 7) is 4.26. The molecule has 0 fully saturated rings. The summed E-state index contributed by atoms with van der Waals surface area (Å²) in [7, 11) is 0. The van der Waals surface area contributed by atoms with Gasteiger partial charge in [-0.3, -0.25) is 0 Å². The fraction of sp³-hybridized carbons (Fsp3) is 0.200. The first-order valence-electron chi connectivity index (χ1n) is 5.58. The van der Waals surface area contributed by atoms with Crippen LogP contribution in [0.3, 0.4) is 0 Å². The molecule has 0 radical (unpaired) electrons. The lowest BCUT2D eigenvalue weighted by Crippen LogP contribution is -2.13. The molecule has 2 aliphatic carbocycles. The fourth-order valence-corrected chi connectivity index (χ4v) is 2.42. The molecule has 3 aliphatic rings. The van der Waals surface area contributed by atoms with Gasteiger partial charge in [-0.25, -0.2) is 0 Å². The van der Waals surface area contributed by atoms with E-state index >= 15 is 0 Å². The van der Waals surface area contributed by atoms with Gasteiger partial charge in [0.25, 0.3) is 0 Å². The molecule has 1 heterocycles. The molecule has 0 saturated heterocycles. The number of ether oxygens (including phenoxy) is 1. The third-order valence-electron chi connectivity index (χ3n) is 3.09. The van der Waals surface area contributed by atoms with Crippen molar-refractivity contribution >= 4 is 0 Å². The molecule has 0 amide bonds. The van der Waals surface area contributed by atoms with Gasteiger partial charge in [0.1, 0.15) is 11.9 Å². The Morgan fingerprint density at radius 1 is 1.06 bits per heavy atom. The molecule has 0 saturated carbocycles. The molecular formula is C15H14O. The zero-order valence-electron chi connectivity index (χ0n) is 9.53. The lowest BCUT2D eigenvalue weighted by molar-refractivity contribution is 0.204. The number of hydrogen-bond donors (Lipinski definition) is 0. The molecule has 0 aromatic rings. The highest BCUT2D eigenvalue weighted by Gasteiger charge is 2.31. The van der Waals surface area contributed by atoms with Gasteiger partial charge in [0, 0.05) is 11.1 Å². The van der Waals surface area contributed by atoms with E-state index in [1.165, 1.54) is 22.3 Å². The Morgan fingerprint density at radius 3 is 2.81 bits per heavy atom. The van der Waals surface area contributed by atoms with Gasteiger partial charge in [-0.15, -0.1) is 0 Å². The maximum absolute atomic E-state index is 5.98. The van der Waals surface area contributed by atoms with E-state index in [0.29, 0.717) is 0 Å². The molecule has 16 heavy (non-hydrogen) atoms. The smallest absolute Gasteiger partial charge is 0.146 e. The van der Waals surface area contributed by atoms with Gasteiger partial charge in [-0.2, -0.15) is 0 Å². The first kappa shape index (κ1) is 9.46. The van der Waals surface area contributed by atoms with Crippen LogP contribution in [0.15, 0.2) is 70.6 Å². The highest BCUT2D eigenvalue weighted by Crippen LogP contribution is 2.39. The van der Waals surface area contributed by atoms with Crippen molar-refractivity contribution in [1.82, 2.24) is 0 Å². The second kappa shape index (κ2) is 3.38. The lowest BCUT2D eigenvalue weighted by Gasteiger charge is -2.18. The summed E-state index contributed by atoms with van der Waals surface area (Å²) in [5, 5.41) is 0. The van der Waals surface area contributed by atoms with E-state index in [1.54, 1.807) is 0 Å². The van der Waals surface area contributed by atoms with E-state index < -0.39 is 0 Å². The highest BCUT2D eigenvalue weighted by molar-refractivity contribution is 5.58. The third-order valence-corrected chi connectivity index (χ3v) is 3.09. The van der Waals surface area contributed by atoms with Crippen LogP contribution in [0, 0.1) is 0 Å². The molecule has 0 aromatic heterocycles. The molecule has 1 heteroatoms. The summed E-state index contributed by atoms with van der Waals surface area (Å²) in [5.41, 5.74) is 5.10. The van der Waals surface area contributed by atoms with E-state index in [9.17, 15) is 0 Å². The second-order valence-electron chi connectivity index (χ2n) is 4.42. The van der Waals surface area contributed by atoms with Crippen molar-refractivity contribution in [2.75, 3.05) is 0 Å². The number of rotatable bonds is 0. The van der Waals surface area contributed by atoms with Gasteiger partial charge < -0.3 is 4.74 Å². The summed E-state index contributed by atoms with van der Waals surface area (Å²) in [6, 6.07) is 0. The maximum atomic E-state index is 5.98. The van der Waals surface area contributed by atoms with Crippen molar-refractivity contribution in [2.45, 2.75) is 20.0 Å². The van der Waals surface area contributed by atoms with E-state index in [1.807, 2.05) is 18.2 Å². The molecule has 0 N–H and O–H groups in total. The zero-order valence-corrected chi connectivity index (χ0v) is 9.53. The molecule has 1 atom stereocenters. The van der Waals surface area contributed by atoms with Gasteiger partial charge in [-0.1, -0.05) is 42.0 Å². The summed E-state index contributed by atoms with van der Waals surface area (Å²) < 4.78 is 5.98. The average molecular weight is 210 g/mol. The molecular weight excluding hydrogens is 196 g/mol. The Kier molecular flexibility index (Phi) is 2.00. The van der Waals surface area contributed by atoms with Crippen molar-refractivity contribution in [1.29, 1.82) is 0 Å². The zero-order chi connectivity index (χ0) is 11.1. The monoisotopic (exact) mass is 210 g/mol. The normalized spacial score (nSPS) is 26.4. The highest BCUT2D eigenvalue weighted by atomic mass is 16.5. The molecule has 0 spiro atoms. The van der Waals surface area contributed by atoms with Crippen molar-refractivity contribution in [2.24, 2.45) is 0 Å². The van der Waals surface area contributed by atoms with Crippen LogP contribution < -0.4 is 0 Å². The van der Waals surface area contributed by atoms with Crippen molar-refractivity contribution in [3.05, 3.63) is 70.6 Å². The number of fused-ring (bicyclic) bond motifs is 2. The molecule has 1 nitrogen and oxygen atoms in total. The largest absolute Gasteiger partial charge is 0.481 e. The SMILES string of the molecule is CC1=CC2=C3C=CC=CC=C3OC2C(C)=C1. The second-order valence-corrected chi connectivity index (χ2v) is 4.42. The first-order chi connectivity index (χ1) is 7.75. The Bertz CT molecular complexity index is 522. The Labute approximate surface area is 95.8 Å². The summed E-state index contributed by atoms with van der Waals surface area (Å²) in [4.78, 5) is 0. The standard InChI is InChI=1S/C15H14O/c1-10-8-11(2)15-13(9-10)12-6-4-3-5-7-14(12)16-15/h3-9,15H,1-2H3. The Morgan fingerprint density at radius 2 is 1.94 bits per heavy atom. The molecule has 3 rings (SSSR count). The average Bonchev–Trinajstić information content (AvgIpc) is 2.46. The Balaban J connectivity index is 2.17. The topological polar surface area (TPSA) is 9.23 Å². The van der Waals surface area contributed by atoms with Crippen LogP contribution in [0.5, 0.6) is 0 Å². The van der Waals surface area contributed by atoms with Crippen LogP contribution in [-0.2, 0) is 4.74 Å². The predicted octanol–water partition coefficient (Wildman–Crippen LogP) is 3.60. The van der Waals surface area contributed by atoms with Crippen LogP contribution in [0.25, 0.3) is 0 Å². The molecule has 1 unspecified atom stereocenters. The maximum Gasteiger partial charge on any atom is 0.146 e. The summed E-state index contributed by atoms with van der Waals surface area (Å²) >= 11 is 0. The van der Waals surface area contributed by atoms with Gasteiger partial charge in [0.15, 0.2) is 0 Å². The molecule has 0 aromatic carbocycles. The number of allylic oxidation sites excluding steroid dienone is 7. The summed E-state index contributed by atoms with van der Waals surface area (Å²) in [5.74, 6) is 0.990. The fourth-order valence-electron chi connectivity index (χ4n) is 2.42. The van der Waals surface area contributed by atoms with E-state index in [4.69, 9.17) is 4.74 Å². The predicted molar refractivity (Wildman–Crippen MR) is 65.8 cm³/mol. The van der Waals surface area contributed by atoms with E-state index in [0.717, 1.165) is 5.76 Å². The van der Waals surface area contributed by atoms with Crippen LogP contribution in [-0.4, -0.2) is 6.10 Å².